The van der Waals surface area contributed by atoms with Crippen molar-refractivity contribution in [3.05, 3.63) is 29.3 Å². The molecule has 1 aromatic carbocycles. The van der Waals surface area contributed by atoms with Gasteiger partial charge in [0.25, 0.3) is 5.91 Å². The van der Waals surface area contributed by atoms with Crippen molar-refractivity contribution in [1.82, 2.24) is 15.1 Å². The standard InChI is InChI=1S/C19H29N3O3/c1-13(2)16-12-15(6-7-17(16)25-5)18(23)21-8-10-22(11-9-21)19(24)20-14(3)4/h6-7,12-14H,8-11H2,1-5H3,(H,20,24). The first kappa shape index (κ1) is 19.1. The van der Waals surface area contributed by atoms with Crippen LogP contribution in [-0.4, -0.2) is 61.1 Å². The van der Waals surface area contributed by atoms with E-state index in [1.165, 1.54) is 0 Å². The Labute approximate surface area is 150 Å². The molecule has 6 heteroatoms. The highest BCUT2D eigenvalue weighted by Gasteiger charge is 2.25. The van der Waals surface area contributed by atoms with Gasteiger partial charge in [0.15, 0.2) is 0 Å². The summed E-state index contributed by atoms with van der Waals surface area (Å²) in [5, 5.41) is 2.89. The normalized spacial score (nSPS) is 14.8. The monoisotopic (exact) mass is 347 g/mol. The van der Waals surface area contributed by atoms with E-state index >= 15 is 0 Å². The number of methoxy groups -OCH3 is 1. The summed E-state index contributed by atoms with van der Waals surface area (Å²) in [6.45, 7) is 10.2. The number of carbonyl (C=O) groups excluding carboxylic acids is 2. The zero-order chi connectivity index (χ0) is 18.6. The molecule has 1 aliphatic heterocycles. The minimum atomic E-state index is -0.0614. The van der Waals surface area contributed by atoms with Gasteiger partial charge in [-0.05, 0) is 43.5 Å². The minimum absolute atomic E-state index is 0.00784. The Kier molecular flexibility index (Phi) is 6.28. The van der Waals surface area contributed by atoms with Gasteiger partial charge in [0.2, 0.25) is 0 Å². The molecule has 0 spiro atoms. The molecule has 1 aromatic rings. The lowest BCUT2D eigenvalue weighted by molar-refractivity contribution is 0.0664. The number of piperazine rings is 1. The molecular formula is C19H29N3O3. The van der Waals surface area contributed by atoms with E-state index in [9.17, 15) is 9.59 Å². The summed E-state index contributed by atoms with van der Waals surface area (Å²) < 4.78 is 5.38. The van der Waals surface area contributed by atoms with Crippen LogP contribution in [0.2, 0.25) is 0 Å². The molecule has 138 valence electrons. The lowest BCUT2D eigenvalue weighted by Gasteiger charge is -2.35. The highest BCUT2D eigenvalue weighted by molar-refractivity contribution is 5.95. The predicted octanol–water partition coefficient (Wildman–Crippen LogP) is 2.69. The molecule has 1 saturated heterocycles. The van der Waals surface area contributed by atoms with Crippen LogP contribution in [0.25, 0.3) is 0 Å². The topological polar surface area (TPSA) is 61.9 Å². The van der Waals surface area contributed by atoms with Crippen LogP contribution in [0.1, 0.15) is 49.5 Å². The van der Waals surface area contributed by atoms with Crippen molar-refractivity contribution in [3.63, 3.8) is 0 Å². The van der Waals surface area contributed by atoms with Crippen molar-refractivity contribution < 1.29 is 14.3 Å². The Morgan fingerprint density at radius 2 is 1.64 bits per heavy atom. The molecule has 0 atom stereocenters. The average molecular weight is 347 g/mol. The van der Waals surface area contributed by atoms with Crippen LogP contribution in [0.3, 0.4) is 0 Å². The van der Waals surface area contributed by atoms with E-state index in [0.717, 1.165) is 11.3 Å². The number of nitrogens with zero attached hydrogens (tertiary/aromatic N) is 2. The third kappa shape index (κ3) is 4.65. The van der Waals surface area contributed by atoms with Gasteiger partial charge < -0.3 is 19.9 Å². The molecule has 0 aliphatic carbocycles. The van der Waals surface area contributed by atoms with Gasteiger partial charge in [0.05, 0.1) is 7.11 Å². The molecule has 1 heterocycles. The van der Waals surface area contributed by atoms with Gasteiger partial charge in [-0.25, -0.2) is 4.79 Å². The fourth-order valence-corrected chi connectivity index (χ4v) is 2.95. The number of carbonyl (C=O) groups is 2. The Bertz CT molecular complexity index is 620. The number of ether oxygens (including phenoxy) is 1. The first-order valence-corrected chi connectivity index (χ1v) is 8.86. The van der Waals surface area contributed by atoms with Crippen LogP contribution in [0, 0.1) is 0 Å². The maximum Gasteiger partial charge on any atom is 0.317 e. The fraction of sp³-hybridized carbons (Fsp3) is 0.579. The molecular weight excluding hydrogens is 318 g/mol. The highest BCUT2D eigenvalue weighted by Crippen LogP contribution is 2.27. The highest BCUT2D eigenvalue weighted by atomic mass is 16.5. The summed E-state index contributed by atoms with van der Waals surface area (Å²) in [6.07, 6.45) is 0. The van der Waals surface area contributed by atoms with Crippen LogP contribution in [-0.2, 0) is 0 Å². The van der Waals surface area contributed by atoms with Gasteiger partial charge in [-0.1, -0.05) is 13.8 Å². The maximum absolute atomic E-state index is 12.8. The van der Waals surface area contributed by atoms with Gasteiger partial charge in [0.1, 0.15) is 5.75 Å². The first-order chi connectivity index (χ1) is 11.8. The summed E-state index contributed by atoms with van der Waals surface area (Å²) in [7, 11) is 1.64. The Balaban J connectivity index is 2.03. The van der Waals surface area contributed by atoms with E-state index in [-0.39, 0.29) is 23.9 Å². The van der Waals surface area contributed by atoms with E-state index in [4.69, 9.17) is 4.74 Å². The largest absolute Gasteiger partial charge is 0.496 e. The van der Waals surface area contributed by atoms with Crippen LogP contribution in [0.15, 0.2) is 18.2 Å². The molecule has 0 unspecified atom stereocenters. The Morgan fingerprint density at radius 1 is 1.04 bits per heavy atom. The van der Waals surface area contributed by atoms with E-state index in [0.29, 0.717) is 31.7 Å². The van der Waals surface area contributed by atoms with Gasteiger partial charge in [-0.2, -0.15) is 0 Å². The smallest absolute Gasteiger partial charge is 0.317 e. The molecule has 1 aliphatic rings. The second-order valence-electron chi connectivity index (χ2n) is 6.99. The number of hydrogen-bond acceptors (Lipinski definition) is 3. The van der Waals surface area contributed by atoms with Crippen LogP contribution in [0.5, 0.6) is 5.75 Å². The summed E-state index contributed by atoms with van der Waals surface area (Å²) in [6, 6.07) is 5.64. The molecule has 3 amide bonds. The molecule has 0 aromatic heterocycles. The van der Waals surface area contributed by atoms with Crippen molar-refractivity contribution >= 4 is 11.9 Å². The first-order valence-electron chi connectivity index (χ1n) is 8.86. The minimum Gasteiger partial charge on any atom is -0.496 e. The average Bonchev–Trinajstić information content (AvgIpc) is 2.60. The number of amides is 3. The second-order valence-corrected chi connectivity index (χ2v) is 6.99. The van der Waals surface area contributed by atoms with Crippen molar-refractivity contribution in [2.75, 3.05) is 33.3 Å². The summed E-state index contributed by atoms with van der Waals surface area (Å²) >= 11 is 0. The van der Waals surface area contributed by atoms with Crippen LogP contribution in [0.4, 0.5) is 4.79 Å². The van der Waals surface area contributed by atoms with Crippen LogP contribution < -0.4 is 10.1 Å². The predicted molar refractivity (Wildman–Crippen MR) is 98.2 cm³/mol. The summed E-state index contributed by atoms with van der Waals surface area (Å²) in [4.78, 5) is 28.4. The zero-order valence-electron chi connectivity index (χ0n) is 15.8. The van der Waals surface area contributed by atoms with Crippen molar-refractivity contribution in [2.24, 2.45) is 0 Å². The third-order valence-electron chi connectivity index (χ3n) is 4.36. The lowest BCUT2D eigenvalue weighted by Crippen LogP contribution is -2.54. The molecule has 2 rings (SSSR count). The quantitative estimate of drug-likeness (QED) is 0.911. The van der Waals surface area contributed by atoms with Gasteiger partial charge in [0, 0.05) is 37.8 Å². The lowest BCUT2D eigenvalue weighted by atomic mass is 9.99. The molecule has 1 fully saturated rings. The van der Waals surface area contributed by atoms with Crippen molar-refractivity contribution in [2.45, 2.75) is 39.7 Å². The zero-order valence-corrected chi connectivity index (χ0v) is 15.8. The van der Waals surface area contributed by atoms with Gasteiger partial charge >= 0.3 is 6.03 Å². The molecule has 0 bridgehead atoms. The SMILES string of the molecule is COc1ccc(C(=O)N2CCN(C(=O)NC(C)C)CC2)cc1C(C)C. The summed E-state index contributed by atoms with van der Waals surface area (Å²) in [5.41, 5.74) is 1.70. The fourth-order valence-electron chi connectivity index (χ4n) is 2.95. The maximum atomic E-state index is 12.8. The Morgan fingerprint density at radius 3 is 2.16 bits per heavy atom. The summed E-state index contributed by atoms with van der Waals surface area (Å²) in [5.74, 6) is 1.09. The number of hydrogen-bond donors (Lipinski definition) is 1. The third-order valence-corrected chi connectivity index (χ3v) is 4.36. The molecule has 6 nitrogen and oxygen atoms in total. The molecule has 25 heavy (non-hydrogen) atoms. The second kappa shape index (κ2) is 8.23. The molecule has 0 radical (unpaired) electrons. The van der Waals surface area contributed by atoms with E-state index in [2.05, 4.69) is 19.2 Å². The van der Waals surface area contributed by atoms with E-state index < -0.39 is 0 Å². The number of nitrogens with one attached hydrogen (secondary N) is 1. The van der Waals surface area contributed by atoms with Crippen molar-refractivity contribution in [1.29, 1.82) is 0 Å². The van der Waals surface area contributed by atoms with Gasteiger partial charge in [-0.15, -0.1) is 0 Å². The Hall–Kier alpha value is -2.24. The molecule has 1 N–H and O–H groups in total. The van der Waals surface area contributed by atoms with Gasteiger partial charge in [-0.3, -0.25) is 4.79 Å². The number of benzene rings is 1. The number of urea groups is 1. The van der Waals surface area contributed by atoms with E-state index in [1.807, 2.05) is 36.9 Å². The number of rotatable bonds is 4. The van der Waals surface area contributed by atoms with Crippen molar-refractivity contribution in [3.8, 4) is 5.75 Å². The van der Waals surface area contributed by atoms with Crippen LogP contribution >= 0.6 is 0 Å². The molecule has 0 saturated carbocycles. The van der Waals surface area contributed by atoms with E-state index in [1.54, 1.807) is 12.0 Å².